The fourth-order valence-electron chi connectivity index (χ4n) is 2.16. The monoisotopic (exact) mass is 254 g/mol. The van der Waals surface area contributed by atoms with Crippen LogP contribution in [0.2, 0.25) is 0 Å². The summed E-state index contributed by atoms with van der Waals surface area (Å²) in [6, 6.07) is 13.3. The van der Waals surface area contributed by atoms with Crippen molar-refractivity contribution in [2.45, 2.75) is 20.8 Å². The van der Waals surface area contributed by atoms with Crippen molar-refractivity contribution in [1.29, 1.82) is 0 Å². The summed E-state index contributed by atoms with van der Waals surface area (Å²) in [6.45, 7) is 6.11. The molecule has 19 heavy (non-hydrogen) atoms. The van der Waals surface area contributed by atoms with E-state index in [0.29, 0.717) is 5.56 Å². The number of carbonyl (C=O) groups is 1. The minimum atomic E-state index is -0.139. The Bertz CT molecular complexity index is 568. The molecular weight excluding hydrogens is 236 g/mol. The van der Waals surface area contributed by atoms with Crippen LogP contribution < -0.4 is 10.9 Å². The van der Waals surface area contributed by atoms with Crippen molar-refractivity contribution in [3.63, 3.8) is 0 Å². The normalized spacial score (nSPS) is 10.1. The molecule has 0 atom stereocenters. The molecule has 0 fully saturated rings. The molecule has 0 spiro atoms. The molecule has 0 saturated carbocycles. The van der Waals surface area contributed by atoms with Crippen molar-refractivity contribution >= 4 is 11.6 Å². The Balaban J connectivity index is 2.10. The first-order valence-electron chi connectivity index (χ1n) is 6.27. The van der Waals surface area contributed by atoms with Gasteiger partial charge < -0.3 is 0 Å². The van der Waals surface area contributed by atoms with E-state index in [-0.39, 0.29) is 5.91 Å². The molecule has 98 valence electrons. The van der Waals surface area contributed by atoms with Crippen LogP contribution in [0.4, 0.5) is 5.69 Å². The highest BCUT2D eigenvalue weighted by molar-refractivity contribution is 5.94. The number of aryl methyl sites for hydroxylation is 3. The van der Waals surface area contributed by atoms with Gasteiger partial charge in [-0.2, -0.15) is 0 Å². The van der Waals surface area contributed by atoms with Gasteiger partial charge >= 0.3 is 0 Å². The van der Waals surface area contributed by atoms with Crippen LogP contribution in [0.15, 0.2) is 42.5 Å². The van der Waals surface area contributed by atoms with Crippen LogP contribution in [0.3, 0.4) is 0 Å². The molecule has 0 aliphatic carbocycles. The number of amides is 1. The number of rotatable bonds is 3. The lowest BCUT2D eigenvalue weighted by Gasteiger charge is -2.14. The van der Waals surface area contributed by atoms with Crippen molar-refractivity contribution in [2.75, 3.05) is 5.43 Å². The summed E-state index contributed by atoms with van der Waals surface area (Å²) >= 11 is 0. The molecule has 3 nitrogen and oxygen atoms in total. The summed E-state index contributed by atoms with van der Waals surface area (Å²) in [5.41, 5.74) is 10.8. The topological polar surface area (TPSA) is 41.1 Å². The standard InChI is InChI=1S/C16H18N2O/c1-11-9-12(2)15(13(3)10-11)17-18-16(19)14-7-5-4-6-8-14/h4-10,17H,1-3H3,(H,18,19). The maximum atomic E-state index is 11.9. The molecule has 0 aliphatic heterocycles. The number of anilines is 1. The number of hydrazine groups is 1. The third-order valence-corrected chi connectivity index (χ3v) is 3.01. The maximum Gasteiger partial charge on any atom is 0.269 e. The van der Waals surface area contributed by atoms with Crippen LogP contribution in [-0.2, 0) is 0 Å². The molecule has 0 aromatic heterocycles. The van der Waals surface area contributed by atoms with E-state index in [2.05, 4.69) is 29.9 Å². The Kier molecular flexibility index (Phi) is 3.85. The number of carbonyl (C=O) groups excluding carboxylic acids is 1. The molecule has 2 rings (SSSR count). The fourth-order valence-corrected chi connectivity index (χ4v) is 2.16. The quantitative estimate of drug-likeness (QED) is 0.824. The molecule has 2 aromatic carbocycles. The Morgan fingerprint density at radius 1 is 0.947 bits per heavy atom. The highest BCUT2D eigenvalue weighted by Crippen LogP contribution is 2.20. The summed E-state index contributed by atoms with van der Waals surface area (Å²) in [4.78, 5) is 11.9. The van der Waals surface area contributed by atoms with Gasteiger partial charge in [-0.25, -0.2) is 0 Å². The first-order valence-corrected chi connectivity index (χ1v) is 6.27. The van der Waals surface area contributed by atoms with Crippen LogP contribution in [0.25, 0.3) is 0 Å². The lowest BCUT2D eigenvalue weighted by Crippen LogP contribution is -2.30. The van der Waals surface area contributed by atoms with Gasteiger partial charge in [0.15, 0.2) is 0 Å². The maximum absolute atomic E-state index is 11.9. The van der Waals surface area contributed by atoms with Gasteiger partial charge in [0.1, 0.15) is 0 Å². The molecule has 0 radical (unpaired) electrons. The molecule has 0 saturated heterocycles. The Morgan fingerprint density at radius 2 is 1.53 bits per heavy atom. The lowest BCUT2D eigenvalue weighted by molar-refractivity contribution is 0.0962. The number of hydrogen-bond donors (Lipinski definition) is 2. The summed E-state index contributed by atoms with van der Waals surface area (Å²) in [5.74, 6) is -0.139. The largest absolute Gasteiger partial charge is 0.298 e. The summed E-state index contributed by atoms with van der Waals surface area (Å²) in [6.07, 6.45) is 0. The van der Waals surface area contributed by atoms with Crippen LogP contribution >= 0.6 is 0 Å². The van der Waals surface area contributed by atoms with Crippen LogP contribution in [0.5, 0.6) is 0 Å². The van der Waals surface area contributed by atoms with E-state index in [0.717, 1.165) is 16.8 Å². The van der Waals surface area contributed by atoms with Gasteiger partial charge in [0.25, 0.3) is 5.91 Å². The van der Waals surface area contributed by atoms with Gasteiger partial charge in [-0.15, -0.1) is 0 Å². The van der Waals surface area contributed by atoms with E-state index in [1.807, 2.05) is 32.0 Å². The van der Waals surface area contributed by atoms with Crippen molar-refractivity contribution < 1.29 is 4.79 Å². The minimum Gasteiger partial charge on any atom is -0.298 e. The SMILES string of the molecule is Cc1cc(C)c(NNC(=O)c2ccccc2)c(C)c1. The lowest BCUT2D eigenvalue weighted by atomic mass is 10.1. The highest BCUT2D eigenvalue weighted by Gasteiger charge is 2.06. The Hall–Kier alpha value is -2.29. The predicted octanol–water partition coefficient (Wildman–Crippen LogP) is 3.37. The Labute approximate surface area is 113 Å². The second kappa shape index (κ2) is 5.57. The van der Waals surface area contributed by atoms with E-state index in [1.165, 1.54) is 5.56 Å². The summed E-state index contributed by atoms with van der Waals surface area (Å²) < 4.78 is 0. The zero-order valence-electron chi connectivity index (χ0n) is 11.4. The molecule has 2 aromatic rings. The van der Waals surface area contributed by atoms with Crippen molar-refractivity contribution in [3.05, 3.63) is 64.7 Å². The minimum absolute atomic E-state index is 0.139. The Morgan fingerprint density at radius 3 is 2.11 bits per heavy atom. The number of nitrogens with one attached hydrogen (secondary N) is 2. The molecular formula is C16H18N2O. The van der Waals surface area contributed by atoms with E-state index in [4.69, 9.17) is 0 Å². The van der Waals surface area contributed by atoms with Gasteiger partial charge in [0.05, 0.1) is 5.69 Å². The van der Waals surface area contributed by atoms with Gasteiger partial charge in [0, 0.05) is 5.56 Å². The summed E-state index contributed by atoms with van der Waals surface area (Å²) in [7, 11) is 0. The number of benzene rings is 2. The van der Waals surface area contributed by atoms with Crippen molar-refractivity contribution in [3.8, 4) is 0 Å². The number of hydrogen-bond acceptors (Lipinski definition) is 2. The second-order valence-electron chi connectivity index (χ2n) is 4.72. The second-order valence-corrected chi connectivity index (χ2v) is 4.72. The fraction of sp³-hybridized carbons (Fsp3) is 0.188. The molecule has 1 amide bonds. The van der Waals surface area contributed by atoms with Gasteiger partial charge in [-0.1, -0.05) is 35.9 Å². The van der Waals surface area contributed by atoms with Crippen LogP contribution in [0.1, 0.15) is 27.0 Å². The first kappa shape index (κ1) is 13.1. The average Bonchev–Trinajstić information content (AvgIpc) is 2.38. The first-order chi connectivity index (χ1) is 9.08. The predicted molar refractivity (Wildman–Crippen MR) is 78.2 cm³/mol. The van der Waals surface area contributed by atoms with Crippen molar-refractivity contribution in [1.82, 2.24) is 5.43 Å². The van der Waals surface area contributed by atoms with Gasteiger partial charge in [0.2, 0.25) is 0 Å². The van der Waals surface area contributed by atoms with Gasteiger partial charge in [-0.05, 0) is 44.0 Å². The van der Waals surface area contributed by atoms with E-state index >= 15 is 0 Å². The molecule has 3 heteroatoms. The van der Waals surface area contributed by atoms with Crippen molar-refractivity contribution in [2.24, 2.45) is 0 Å². The third kappa shape index (κ3) is 3.13. The zero-order valence-corrected chi connectivity index (χ0v) is 11.4. The van der Waals surface area contributed by atoms with E-state index in [1.54, 1.807) is 12.1 Å². The molecule has 0 unspecified atom stereocenters. The molecule has 0 aliphatic rings. The molecule has 0 bridgehead atoms. The van der Waals surface area contributed by atoms with Gasteiger partial charge in [-0.3, -0.25) is 15.6 Å². The summed E-state index contributed by atoms with van der Waals surface area (Å²) in [5, 5.41) is 0. The highest BCUT2D eigenvalue weighted by atomic mass is 16.2. The third-order valence-electron chi connectivity index (χ3n) is 3.01. The van der Waals surface area contributed by atoms with E-state index < -0.39 is 0 Å². The van der Waals surface area contributed by atoms with E-state index in [9.17, 15) is 4.79 Å². The molecule has 0 heterocycles. The smallest absolute Gasteiger partial charge is 0.269 e. The van der Waals surface area contributed by atoms with Crippen LogP contribution in [0, 0.1) is 20.8 Å². The van der Waals surface area contributed by atoms with Crippen LogP contribution in [-0.4, -0.2) is 5.91 Å². The average molecular weight is 254 g/mol. The molecule has 2 N–H and O–H groups in total. The zero-order chi connectivity index (χ0) is 13.8.